The van der Waals surface area contributed by atoms with Crippen LogP contribution in [0.3, 0.4) is 0 Å². The maximum atomic E-state index is 5.55. The highest BCUT2D eigenvalue weighted by Crippen LogP contribution is 2.26. The van der Waals surface area contributed by atoms with E-state index in [9.17, 15) is 0 Å². The molecule has 1 aliphatic rings. The van der Waals surface area contributed by atoms with Crippen molar-refractivity contribution in [2.24, 2.45) is 0 Å². The van der Waals surface area contributed by atoms with Crippen molar-refractivity contribution in [3.8, 4) is 11.5 Å². The minimum absolute atomic E-state index is 1.01. The van der Waals surface area contributed by atoms with Crippen LogP contribution in [0.15, 0.2) is 36.4 Å². The average Bonchev–Trinajstić information content (AvgIpc) is 2.68. The standard InChI is InChI=1S/C24H30O2/c1-25-23-15-13-19-11-12-20-14-16-24(26-2)22(18-20)10-8-6-4-3-5-7-9-21(23)17-19/h11-18H,3-10H2,1-2H3/b12-11-. The van der Waals surface area contributed by atoms with E-state index < -0.39 is 0 Å². The van der Waals surface area contributed by atoms with Crippen LogP contribution in [-0.4, -0.2) is 14.2 Å². The fraction of sp³-hybridized carbons (Fsp3) is 0.417. The maximum Gasteiger partial charge on any atom is 0.122 e. The van der Waals surface area contributed by atoms with E-state index in [0.717, 1.165) is 24.3 Å². The summed E-state index contributed by atoms with van der Waals surface area (Å²) in [6.45, 7) is 0. The molecule has 0 unspecified atom stereocenters. The van der Waals surface area contributed by atoms with Crippen molar-refractivity contribution < 1.29 is 9.47 Å². The number of fused-ring (bicyclic) bond motifs is 4. The highest BCUT2D eigenvalue weighted by Gasteiger charge is 2.06. The SMILES string of the molecule is COc1ccc2cc1CCCCCCCCc1cc(ccc1OC)/C=C\2. The van der Waals surface area contributed by atoms with Crippen molar-refractivity contribution in [3.05, 3.63) is 58.7 Å². The molecule has 0 heterocycles. The third kappa shape index (κ3) is 4.91. The third-order valence-corrected chi connectivity index (χ3v) is 5.22. The second-order valence-electron chi connectivity index (χ2n) is 7.10. The Balaban J connectivity index is 1.90. The molecule has 0 aliphatic heterocycles. The molecule has 0 amide bonds. The van der Waals surface area contributed by atoms with Crippen molar-refractivity contribution in [2.45, 2.75) is 51.4 Å². The van der Waals surface area contributed by atoms with E-state index in [4.69, 9.17) is 9.47 Å². The Morgan fingerprint density at radius 2 is 1.00 bits per heavy atom. The molecule has 0 radical (unpaired) electrons. The molecule has 0 aromatic heterocycles. The van der Waals surface area contributed by atoms with Crippen LogP contribution in [0.5, 0.6) is 11.5 Å². The molecule has 4 bridgehead atoms. The molecule has 2 aromatic carbocycles. The van der Waals surface area contributed by atoms with Gasteiger partial charge in [0, 0.05) is 0 Å². The first-order chi connectivity index (χ1) is 12.8. The maximum absolute atomic E-state index is 5.55. The number of rotatable bonds is 2. The first-order valence-corrected chi connectivity index (χ1v) is 9.82. The van der Waals surface area contributed by atoms with Gasteiger partial charge in [-0.3, -0.25) is 0 Å². The van der Waals surface area contributed by atoms with Gasteiger partial charge in [0.1, 0.15) is 11.5 Å². The van der Waals surface area contributed by atoms with Crippen LogP contribution in [0, 0.1) is 0 Å². The molecular weight excluding hydrogens is 320 g/mol. The van der Waals surface area contributed by atoms with Gasteiger partial charge in [-0.05, 0) is 72.2 Å². The largest absolute Gasteiger partial charge is 0.496 e. The summed E-state index contributed by atoms with van der Waals surface area (Å²) in [5.41, 5.74) is 5.09. The first kappa shape index (κ1) is 18.6. The van der Waals surface area contributed by atoms with E-state index in [2.05, 4.69) is 48.6 Å². The van der Waals surface area contributed by atoms with Crippen molar-refractivity contribution >= 4 is 12.2 Å². The number of methoxy groups -OCH3 is 2. The van der Waals surface area contributed by atoms with Crippen molar-refractivity contribution in [1.29, 1.82) is 0 Å². The highest BCUT2D eigenvalue weighted by molar-refractivity contribution is 5.71. The van der Waals surface area contributed by atoms with Crippen LogP contribution in [0.2, 0.25) is 0 Å². The molecule has 2 nitrogen and oxygen atoms in total. The van der Waals surface area contributed by atoms with Crippen LogP contribution in [-0.2, 0) is 12.8 Å². The van der Waals surface area contributed by atoms with Gasteiger partial charge in [-0.15, -0.1) is 0 Å². The van der Waals surface area contributed by atoms with Crippen molar-refractivity contribution in [1.82, 2.24) is 0 Å². The van der Waals surface area contributed by atoms with Gasteiger partial charge < -0.3 is 9.47 Å². The van der Waals surface area contributed by atoms with Gasteiger partial charge in [-0.2, -0.15) is 0 Å². The summed E-state index contributed by atoms with van der Waals surface area (Å²) >= 11 is 0. The predicted octanol–water partition coefficient (Wildman–Crippen LogP) is 6.31. The van der Waals surface area contributed by atoms with Gasteiger partial charge in [0.25, 0.3) is 0 Å². The molecule has 0 atom stereocenters. The highest BCUT2D eigenvalue weighted by atomic mass is 16.5. The van der Waals surface area contributed by atoms with E-state index in [1.54, 1.807) is 14.2 Å². The summed E-state index contributed by atoms with van der Waals surface area (Å²) in [6.07, 6.45) is 14.3. The third-order valence-electron chi connectivity index (χ3n) is 5.22. The van der Waals surface area contributed by atoms with E-state index in [1.807, 2.05) is 0 Å². The summed E-state index contributed by atoms with van der Waals surface area (Å²) < 4.78 is 11.1. The van der Waals surface area contributed by atoms with Crippen LogP contribution in [0.1, 0.15) is 60.8 Å². The molecule has 3 rings (SSSR count). The molecule has 0 saturated heterocycles. The zero-order chi connectivity index (χ0) is 18.2. The quantitative estimate of drug-likeness (QED) is 0.631. The zero-order valence-electron chi connectivity index (χ0n) is 16.1. The van der Waals surface area contributed by atoms with Crippen LogP contribution >= 0.6 is 0 Å². The van der Waals surface area contributed by atoms with Gasteiger partial charge in [0.05, 0.1) is 14.2 Å². The lowest BCUT2D eigenvalue weighted by Gasteiger charge is -2.11. The molecule has 0 fully saturated rings. The molecule has 0 N–H and O–H groups in total. The summed E-state index contributed by atoms with van der Waals surface area (Å²) in [6, 6.07) is 13.0. The Bertz CT molecular complexity index is 682. The zero-order valence-corrected chi connectivity index (χ0v) is 16.1. The molecule has 138 valence electrons. The summed E-state index contributed by atoms with van der Waals surface area (Å²) in [4.78, 5) is 0. The summed E-state index contributed by atoms with van der Waals surface area (Å²) in [5.74, 6) is 2.02. The van der Waals surface area contributed by atoms with Gasteiger partial charge in [-0.25, -0.2) is 0 Å². The second-order valence-corrected chi connectivity index (χ2v) is 7.10. The van der Waals surface area contributed by atoms with Crippen LogP contribution in [0.25, 0.3) is 12.2 Å². The van der Waals surface area contributed by atoms with Crippen LogP contribution in [0.4, 0.5) is 0 Å². The lowest BCUT2D eigenvalue weighted by molar-refractivity contribution is 0.408. The van der Waals surface area contributed by atoms with E-state index in [0.29, 0.717) is 0 Å². The fourth-order valence-corrected chi connectivity index (χ4v) is 3.73. The Kier molecular flexibility index (Phi) is 6.76. The normalized spacial score (nSPS) is 16.7. The lowest BCUT2D eigenvalue weighted by Crippen LogP contribution is -1.95. The molecule has 2 aromatic rings. The van der Waals surface area contributed by atoms with Gasteiger partial charge in [0.15, 0.2) is 0 Å². The molecule has 0 spiro atoms. The minimum Gasteiger partial charge on any atom is -0.496 e. The average molecular weight is 351 g/mol. The topological polar surface area (TPSA) is 18.5 Å². The molecule has 0 saturated carbocycles. The fourth-order valence-electron chi connectivity index (χ4n) is 3.73. The second kappa shape index (κ2) is 9.47. The lowest BCUT2D eigenvalue weighted by atomic mass is 9.99. The number of ether oxygens (including phenoxy) is 2. The van der Waals surface area contributed by atoms with Gasteiger partial charge >= 0.3 is 0 Å². The minimum atomic E-state index is 1.01. The monoisotopic (exact) mass is 350 g/mol. The van der Waals surface area contributed by atoms with Crippen molar-refractivity contribution in [2.75, 3.05) is 14.2 Å². The first-order valence-electron chi connectivity index (χ1n) is 9.82. The molecule has 2 heteroatoms. The number of hydrogen-bond acceptors (Lipinski definition) is 2. The number of hydrogen-bond donors (Lipinski definition) is 0. The molecular formula is C24H30O2. The van der Waals surface area contributed by atoms with E-state index in [-0.39, 0.29) is 0 Å². The Hall–Kier alpha value is -2.22. The Morgan fingerprint density at radius 1 is 0.577 bits per heavy atom. The summed E-state index contributed by atoms with van der Waals surface area (Å²) in [7, 11) is 3.53. The molecule has 1 aliphatic carbocycles. The van der Waals surface area contributed by atoms with Gasteiger partial charge in [0.2, 0.25) is 0 Å². The Morgan fingerprint density at radius 3 is 1.42 bits per heavy atom. The number of aryl methyl sites for hydroxylation is 2. The Labute approximate surface area is 157 Å². The van der Waals surface area contributed by atoms with Crippen LogP contribution < -0.4 is 9.47 Å². The predicted molar refractivity (Wildman–Crippen MR) is 110 cm³/mol. The van der Waals surface area contributed by atoms with E-state index >= 15 is 0 Å². The smallest absolute Gasteiger partial charge is 0.122 e. The van der Waals surface area contributed by atoms with Crippen molar-refractivity contribution in [3.63, 3.8) is 0 Å². The summed E-state index contributed by atoms with van der Waals surface area (Å²) in [5, 5.41) is 0. The van der Waals surface area contributed by atoms with Gasteiger partial charge in [-0.1, -0.05) is 50.0 Å². The molecule has 26 heavy (non-hydrogen) atoms. The van der Waals surface area contributed by atoms with E-state index in [1.165, 1.54) is 60.8 Å². The number of benzene rings is 2.